The fourth-order valence-electron chi connectivity index (χ4n) is 2.65. The van der Waals surface area contributed by atoms with Crippen molar-refractivity contribution in [1.29, 1.82) is 0 Å². The molecular formula is C21H25ClN4O3. The Labute approximate surface area is 175 Å². The van der Waals surface area contributed by atoms with Gasteiger partial charge in [0.2, 0.25) is 11.8 Å². The van der Waals surface area contributed by atoms with Gasteiger partial charge in [-0.2, -0.15) is 0 Å². The van der Waals surface area contributed by atoms with Crippen molar-refractivity contribution in [2.75, 3.05) is 37.3 Å². The Balaban J connectivity index is 1.92. The van der Waals surface area contributed by atoms with Gasteiger partial charge in [-0.15, -0.1) is 0 Å². The van der Waals surface area contributed by atoms with Crippen LogP contribution >= 0.6 is 11.6 Å². The Morgan fingerprint density at radius 2 is 1.69 bits per heavy atom. The van der Waals surface area contributed by atoms with Crippen LogP contribution in [-0.4, -0.2) is 49.3 Å². The normalized spacial score (nSPS) is 10.5. The predicted octanol–water partition coefficient (Wildman–Crippen LogP) is 2.99. The molecule has 0 saturated carbocycles. The Bertz CT molecular complexity index is 855. The van der Waals surface area contributed by atoms with E-state index >= 15 is 0 Å². The topological polar surface area (TPSA) is 90.5 Å². The fraction of sp³-hybridized carbons (Fsp3) is 0.286. The molecule has 0 saturated heterocycles. The third kappa shape index (κ3) is 7.93. The molecule has 8 heteroatoms. The molecule has 0 radical (unpaired) electrons. The molecule has 0 aliphatic carbocycles. The zero-order valence-corrected chi connectivity index (χ0v) is 17.3. The average molecular weight is 417 g/mol. The maximum absolute atomic E-state index is 12.6. The van der Waals surface area contributed by atoms with E-state index in [1.54, 1.807) is 48.5 Å². The fourth-order valence-corrected chi connectivity index (χ4v) is 2.78. The maximum atomic E-state index is 12.6. The van der Waals surface area contributed by atoms with Crippen molar-refractivity contribution < 1.29 is 14.4 Å². The van der Waals surface area contributed by atoms with Gasteiger partial charge in [0, 0.05) is 30.7 Å². The van der Waals surface area contributed by atoms with Crippen LogP contribution in [0.4, 0.5) is 11.4 Å². The molecule has 154 valence electrons. The van der Waals surface area contributed by atoms with Crippen molar-refractivity contribution in [3.8, 4) is 0 Å². The number of benzene rings is 2. The van der Waals surface area contributed by atoms with Crippen LogP contribution in [0.15, 0.2) is 48.5 Å². The summed E-state index contributed by atoms with van der Waals surface area (Å²) in [6, 6.07) is 13.6. The van der Waals surface area contributed by atoms with E-state index < -0.39 is 0 Å². The largest absolute Gasteiger partial charge is 0.356 e. The van der Waals surface area contributed by atoms with Gasteiger partial charge in [-0.25, -0.2) is 0 Å². The quantitative estimate of drug-likeness (QED) is 0.548. The van der Waals surface area contributed by atoms with E-state index in [0.717, 1.165) is 6.42 Å². The van der Waals surface area contributed by atoms with Gasteiger partial charge in [0.1, 0.15) is 0 Å². The number of hydrogen-bond donors (Lipinski definition) is 3. The highest BCUT2D eigenvalue weighted by molar-refractivity contribution is 6.30. The first kappa shape index (κ1) is 22.4. The van der Waals surface area contributed by atoms with Crippen LogP contribution in [0.5, 0.6) is 0 Å². The molecule has 29 heavy (non-hydrogen) atoms. The number of carbonyl (C=O) groups excluding carboxylic acids is 3. The first-order valence-corrected chi connectivity index (χ1v) is 9.61. The highest BCUT2D eigenvalue weighted by Gasteiger charge is 2.14. The number of rotatable bonds is 9. The van der Waals surface area contributed by atoms with Gasteiger partial charge in [0.05, 0.1) is 17.8 Å². The molecule has 0 fully saturated rings. The zero-order chi connectivity index (χ0) is 21.2. The molecule has 0 aliphatic heterocycles. The molecule has 0 unspecified atom stereocenters. The number of nitrogens with one attached hydrogen (secondary N) is 3. The van der Waals surface area contributed by atoms with Crippen molar-refractivity contribution in [2.24, 2.45) is 0 Å². The lowest BCUT2D eigenvalue weighted by Gasteiger charge is -2.17. The van der Waals surface area contributed by atoms with Crippen LogP contribution < -0.4 is 16.0 Å². The van der Waals surface area contributed by atoms with Crippen LogP contribution in [0.2, 0.25) is 5.02 Å². The average Bonchev–Trinajstić information content (AvgIpc) is 2.67. The summed E-state index contributed by atoms with van der Waals surface area (Å²) in [5.41, 5.74) is 1.42. The molecule has 0 aliphatic rings. The number of amides is 3. The number of hydrogen-bond acceptors (Lipinski definition) is 4. The zero-order valence-electron chi connectivity index (χ0n) is 16.5. The lowest BCUT2D eigenvalue weighted by molar-refractivity contribution is -0.119. The highest BCUT2D eigenvalue weighted by Crippen LogP contribution is 2.19. The van der Waals surface area contributed by atoms with E-state index in [0.29, 0.717) is 35.1 Å². The van der Waals surface area contributed by atoms with Crippen molar-refractivity contribution in [3.63, 3.8) is 0 Å². The molecule has 2 aromatic rings. The summed E-state index contributed by atoms with van der Waals surface area (Å²) in [4.78, 5) is 37.7. The van der Waals surface area contributed by atoms with Crippen molar-refractivity contribution in [3.05, 3.63) is 59.1 Å². The van der Waals surface area contributed by atoms with Gasteiger partial charge in [-0.1, -0.05) is 23.7 Å². The van der Waals surface area contributed by atoms with Gasteiger partial charge in [-0.3, -0.25) is 19.3 Å². The van der Waals surface area contributed by atoms with Crippen LogP contribution in [0.1, 0.15) is 23.7 Å². The summed E-state index contributed by atoms with van der Waals surface area (Å²) < 4.78 is 0. The monoisotopic (exact) mass is 416 g/mol. The number of carbonyl (C=O) groups is 3. The van der Waals surface area contributed by atoms with E-state index in [-0.39, 0.29) is 24.3 Å². The molecule has 7 nitrogen and oxygen atoms in total. The van der Waals surface area contributed by atoms with Crippen LogP contribution in [0.25, 0.3) is 0 Å². The number of para-hydroxylation sites is 1. The molecule has 0 bridgehead atoms. The van der Waals surface area contributed by atoms with Gasteiger partial charge < -0.3 is 16.0 Å². The molecule has 0 atom stereocenters. The first-order valence-electron chi connectivity index (χ1n) is 9.24. The van der Waals surface area contributed by atoms with Crippen LogP contribution in [-0.2, 0) is 9.59 Å². The van der Waals surface area contributed by atoms with Gasteiger partial charge in [-0.05, 0) is 49.9 Å². The van der Waals surface area contributed by atoms with Crippen LogP contribution in [0.3, 0.4) is 0 Å². The summed E-state index contributed by atoms with van der Waals surface area (Å²) >= 11 is 5.86. The first-order chi connectivity index (χ1) is 13.8. The summed E-state index contributed by atoms with van der Waals surface area (Å²) in [5.74, 6) is -0.621. The Morgan fingerprint density at radius 1 is 1.00 bits per heavy atom. The molecule has 0 aromatic heterocycles. The second-order valence-corrected chi connectivity index (χ2v) is 7.07. The van der Waals surface area contributed by atoms with Crippen molar-refractivity contribution in [1.82, 2.24) is 10.2 Å². The minimum absolute atomic E-state index is 0.0705. The molecule has 3 N–H and O–H groups in total. The van der Waals surface area contributed by atoms with Crippen LogP contribution in [0, 0.1) is 0 Å². The number of anilines is 2. The SMILES string of the molecule is CC(=O)NCCCN(C)CC(=O)Nc1ccccc1C(=O)Nc1ccc(Cl)cc1. The standard InChI is InChI=1S/C21H25ClN4O3/c1-15(27)23-12-5-13-26(2)14-20(28)25-19-7-4-3-6-18(19)21(29)24-17-10-8-16(22)9-11-17/h3-4,6-11H,5,12-14H2,1-2H3,(H,23,27)(H,24,29)(H,25,28). The minimum atomic E-state index is -0.327. The Morgan fingerprint density at radius 3 is 2.38 bits per heavy atom. The molecule has 0 spiro atoms. The highest BCUT2D eigenvalue weighted by atomic mass is 35.5. The van der Waals surface area contributed by atoms with E-state index in [9.17, 15) is 14.4 Å². The van der Waals surface area contributed by atoms with Crippen molar-refractivity contribution >= 4 is 40.7 Å². The lowest BCUT2D eigenvalue weighted by atomic mass is 10.1. The molecule has 0 heterocycles. The van der Waals surface area contributed by atoms with Crippen molar-refractivity contribution in [2.45, 2.75) is 13.3 Å². The summed E-state index contributed by atoms with van der Waals surface area (Å²) in [6.07, 6.45) is 0.740. The molecule has 2 rings (SSSR count). The molecular weight excluding hydrogens is 392 g/mol. The minimum Gasteiger partial charge on any atom is -0.356 e. The molecule has 3 amide bonds. The predicted molar refractivity (Wildman–Crippen MR) is 115 cm³/mol. The lowest BCUT2D eigenvalue weighted by Crippen LogP contribution is -2.33. The number of halogens is 1. The maximum Gasteiger partial charge on any atom is 0.257 e. The summed E-state index contributed by atoms with van der Waals surface area (Å²) in [5, 5.41) is 8.88. The van der Waals surface area contributed by atoms with Gasteiger partial charge in [0.15, 0.2) is 0 Å². The second-order valence-electron chi connectivity index (χ2n) is 6.63. The van der Waals surface area contributed by atoms with E-state index in [2.05, 4.69) is 16.0 Å². The third-order valence-electron chi connectivity index (χ3n) is 4.05. The number of nitrogens with zero attached hydrogens (tertiary/aromatic N) is 1. The van der Waals surface area contributed by atoms with E-state index in [4.69, 9.17) is 11.6 Å². The van der Waals surface area contributed by atoms with E-state index in [1.807, 2.05) is 11.9 Å². The Hall–Kier alpha value is -2.90. The number of likely N-dealkylation sites (N-methyl/N-ethyl adjacent to an activating group) is 1. The Kier molecular flexibility index (Phi) is 8.64. The van der Waals surface area contributed by atoms with Gasteiger partial charge >= 0.3 is 0 Å². The van der Waals surface area contributed by atoms with E-state index in [1.165, 1.54) is 6.92 Å². The summed E-state index contributed by atoms with van der Waals surface area (Å²) in [7, 11) is 1.83. The summed E-state index contributed by atoms with van der Waals surface area (Å²) in [6.45, 7) is 2.87. The van der Waals surface area contributed by atoms with Gasteiger partial charge in [0.25, 0.3) is 5.91 Å². The smallest absolute Gasteiger partial charge is 0.257 e. The molecule has 2 aromatic carbocycles. The third-order valence-corrected chi connectivity index (χ3v) is 4.30. The second kappa shape index (κ2) is 11.2.